The summed E-state index contributed by atoms with van der Waals surface area (Å²) in [7, 11) is -3.64. The van der Waals surface area contributed by atoms with Crippen molar-refractivity contribution in [2.24, 2.45) is 0 Å². The number of hydrogen-bond acceptors (Lipinski definition) is 3. The van der Waals surface area contributed by atoms with Crippen molar-refractivity contribution in [1.82, 2.24) is 5.32 Å². The number of hydrogen-bond donors (Lipinski definition) is 1. The molecule has 0 saturated carbocycles. The second-order valence-corrected chi connectivity index (χ2v) is 8.79. The summed E-state index contributed by atoms with van der Waals surface area (Å²) >= 11 is 0. The normalized spacial score (nSPS) is 12.4. The summed E-state index contributed by atoms with van der Waals surface area (Å²) in [5.74, 6) is -0.741. The molecule has 0 radical (unpaired) electrons. The molecule has 0 bridgehead atoms. The molecule has 2 aromatic rings. The van der Waals surface area contributed by atoms with Gasteiger partial charge in [-0.05, 0) is 43.9 Å². The first-order chi connectivity index (χ1) is 13.3. The Morgan fingerprint density at radius 1 is 1.11 bits per heavy atom. The Labute approximate surface area is 166 Å². The Bertz CT molecular complexity index is 872. The smallest absolute Gasteiger partial charge is 0.232 e. The maximum absolute atomic E-state index is 14.0. The van der Waals surface area contributed by atoms with Crippen molar-refractivity contribution < 1.29 is 17.6 Å². The van der Waals surface area contributed by atoms with Gasteiger partial charge in [-0.2, -0.15) is 0 Å². The van der Waals surface area contributed by atoms with Crippen LogP contribution in [0.1, 0.15) is 31.7 Å². The lowest BCUT2D eigenvalue weighted by molar-refractivity contribution is -0.121. The van der Waals surface area contributed by atoms with Gasteiger partial charge in [0.2, 0.25) is 15.9 Å². The number of aryl methyl sites for hydroxylation is 1. The van der Waals surface area contributed by atoms with Crippen molar-refractivity contribution in [3.8, 4) is 0 Å². The van der Waals surface area contributed by atoms with Gasteiger partial charge in [0, 0.05) is 19.0 Å². The molecule has 1 N–H and O–H groups in total. The van der Waals surface area contributed by atoms with Gasteiger partial charge in [-0.15, -0.1) is 0 Å². The standard InChI is InChI=1S/C21H27FN2O3S/c1-17(14-15-18-9-4-3-5-10-18)23-21(25)13-8-16-24(28(2,26)27)20-12-7-6-11-19(20)22/h3-7,9-12,17H,8,13-16H2,1-2H3,(H,23,25)/t17-/m1/s1. The Morgan fingerprint density at radius 3 is 2.39 bits per heavy atom. The van der Waals surface area contributed by atoms with Gasteiger partial charge in [-0.3, -0.25) is 9.10 Å². The quantitative estimate of drug-likeness (QED) is 0.657. The van der Waals surface area contributed by atoms with Crippen LogP contribution in [0.4, 0.5) is 10.1 Å². The van der Waals surface area contributed by atoms with Gasteiger partial charge in [0.15, 0.2) is 0 Å². The first kappa shape index (κ1) is 21.9. The van der Waals surface area contributed by atoms with Gasteiger partial charge < -0.3 is 5.32 Å². The lowest BCUT2D eigenvalue weighted by atomic mass is 10.1. The van der Waals surface area contributed by atoms with Gasteiger partial charge in [-0.1, -0.05) is 42.5 Å². The van der Waals surface area contributed by atoms with Crippen LogP contribution in [-0.4, -0.2) is 33.2 Å². The van der Waals surface area contributed by atoms with Gasteiger partial charge in [-0.25, -0.2) is 12.8 Å². The molecule has 1 atom stereocenters. The number of rotatable bonds is 10. The number of para-hydroxylation sites is 1. The number of amides is 1. The molecule has 1 amide bonds. The molecule has 28 heavy (non-hydrogen) atoms. The molecule has 0 aliphatic heterocycles. The highest BCUT2D eigenvalue weighted by atomic mass is 32.2. The lowest BCUT2D eigenvalue weighted by Gasteiger charge is -2.23. The van der Waals surface area contributed by atoms with Gasteiger partial charge in [0.1, 0.15) is 5.82 Å². The minimum Gasteiger partial charge on any atom is -0.354 e. The number of sulfonamides is 1. The van der Waals surface area contributed by atoms with E-state index in [2.05, 4.69) is 17.4 Å². The van der Waals surface area contributed by atoms with Gasteiger partial charge in [0.25, 0.3) is 0 Å². The van der Waals surface area contributed by atoms with E-state index in [-0.39, 0.29) is 30.6 Å². The van der Waals surface area contributed by atoms with E-state index in [1.165, 1.54) is 23.8 Å². The highest BCUT2D eigenvalue weighted by molar-refractivity contribution is 7.92. The van der Waals surface area contributed by atoms with E-state index in [1.54, 1.807) is 6.07 Å². The largest absolute Gasteiger partial charge is 0.354 e. The summed E-state index contributed by atoms with van der Waals surface area (Å²) in [5.41, 5.74) is 1.22. The van der Waals surface area contributed by atoms with E-state index in [4.69, 9.17) is 0 Å². The van der Waals surface area contributed by atoms with Crippen LogP contribution in [0.3, 0.4) is 0 Å². The molecule has 7 heteroatoms. The predicted octanol–water partition coefficient (Wildman–Crippen LogP) is 3.51. The highest BCUT2D eigenvalue weighted by Crippen LogP contribution is 2.21. The highest BCUT2D eigenvalue weighted by Gasteiger charge is 2.20. The van der Waals surface area contributed by atoms with Crippen LogP contribution in [-0.2, 0) is 21.2 Å². The minimum atomic E-state index is -3.64. The average Bonchev–Trinajstić information content (AvgIpc) is 2.64. The third-order valence-electron chi connectivity index (χ3n) is 4.40. The monoisotopic (exact) mass is 406 g/mol. The number of halogens is 1. The van der Waals surface area contributed by atoms with Crippen molar-refractivity contribution in [1.29, 1.82) is 0 Å². The summed E-state index contributed by atoms with van der Waals surface area (Å²) < 4.78 is 39.0. The average molecular weight is 407 g/mol. The van der Waals surface area contributed by atoms with Crippen LogP contribution in [0.2, 0.25) is 0 Å². The zero-order valence-corrected chi connectivity index (χ0v) is 17.1. The zero-order valence-electron chi connectivity index (χ0n) is 16.3. The Morgan fingerprint density at radius 2 is 1.75 bits per heavy atom. The molecule has 0 aliphatic rings. The Hall–Kier alpha value is -2.41. The molecule has 0 saturated heterocycles. The van der Waals surface area contributed by atoms with Gasteiger partial charge >= 0.3 is 0 Å². The van der Waals surface area contributed by atoms with Crippen molar-refractivity contribution in [2.75, 3.05) is 17.1 Å². The van der Waals surface area contributed by atoms with E-state index >= 15 is 0 Å². The number of benzene rings is 2. The number of nitrogens with one attached hydrogen (secondary N) is 1. The van der Waals surface area contributed by atoms with Crippen LogP contribution in [0.5, 0.6) is 0 Å². The Kier molecular flexibility index (Phi) is 7.99. The van der Waals surface area contributed by atoms with E-state index in [0.29, 0.717) is 6.42 Å². The zero-order chi connectivity index (χ0) is 20.6. The number of carbonyl (C=O) groups excluding carboxylic acids is 1. The summed E-state index contributed by atoms with van der Waals surface area (Å²) in [6.45, 7) is 1.99. The molecular weight excluding hydrogens is 379 g/mol. The SMILES string of the molecule is C[C@H](CCc1ccccc1)NC(=O)CCCN(c1ccccc1F)S(C)(=O)=O. The minimum absolute atomic E-state index is 0.00152. The fourth-order valence-corrected chi connectivity index (χ4v) is 3.92. The molecule has 0 spiro atoms. The van der Waals surface area contributed by atoms with Crippen LogP contribution < -0.4 is 9.62 Å². The molecule has 0 heterocycles. The molecule has 152 valence electrons. The first-order valence-electron chi connectivity index (χ1n) is 9.33. The second-order valence-electron chi connectivity index (χ2n) is 6.88. The predicted molar refractivity (Wildman–Crippen MR) is 110 cm³/mol. The second kappa shape index (κ2) is 10.2. The molecule has 0 aliphatic carbocycles. The van der Waals surface area contributed by atoms with Crippen LogP contribution in [0.25, 0.3) is 0 Å². The maximum Gasteiger partial charge on any atom is 0.232 e. The maximum atomic E-state index is 14.0. The van der Waals surface area contributed by atoms with Crippen molar-refractivity contribution in [3.05, 3.63) is 66.0 Å². The van der Waals surface area contributed by atoms with Crippen molar-refractivity contribution in [3.63, 3.8) is 0 Å². The van der Waals surface area contributed by atoms with Crippen LogP contribution in [0, 0.1) is 5.82 Å². The molecule has 0 fully saturated rings. The number of anilines is 1. The summed E-state index contributed by atoms with van der Waals surface area (Å²) in [6, 6.07) is 15.8. The summed E-state index contributed by atoms with van der Waals surface area (Å²) in [5, 5.41) is 2.93. The van der Waals surface area contributed by atoms with E-state index in [0.717, 1.165) is 23.4 Å². The molecule has 5 nitrogen and oxygen atoms in total. The Balaban J connectivity index is 1.81. The molecule has 2 rings (SSSR count). The molecule has 0 unspecified atom stereocenters. The molecular formula is C21H27FN2O3S. The topological polar surface area (TPSA) is 66.5 Å². The van der Waals surface area contributed by atoms with E-state index < -0.39 is 15.8 Å². The van der Waals surface area contributed by atoms with Crippen LogP contribution >= 0.6 is 0 Å². The first-order valence-corrected chi connectivity index (χ1v) is 11.2. The van der Waals surface area contributed by atoms with Crippen molar-refractivity contribution in [2.45, 2.75) is 38.6 Å². The molecule has 2 aromatic carbocycles. The fraction of sp³-hybridized carbons (Fsp3) is 0.381. The fourth-order valence-electron chi connectivity index (χ4n) is 2.95. The van der Waals surface area contributed by atoms with Gasteiger partial charge in [0.05, 0.1) is 11.9 Å². The van der Waals surface area contributed by atoms with E-state index in [9.17, 15) is 17.6 Å². The van der Waals surface area contributed by atoms with E-state index in [1.807, 2.05) is 25.1 Å². The van der Waals surface area contributed by atoms with Crippen molar-refractivity contribution >= 4 is 21.6 Å². The molecule has 0 aromatic heterocycles. The summed E-state index contributed by atoms with van der Waals surface area (Å²) in [6.07, 6.45) is 3.21. The van der Waals surface area contributed by atoms with Crippen LogP contribution in [0.15, 0.2) is 54.6 Å². The number of carbonyl (C=O) groups is 1. The third kappa shape index (κ3) is 6.96. The number of nitrogens with zero attached hydrogens (tertiary/aromatic N) is 1. The lowest BCUT2D eigenvalue weighted by Crippen LogP contribution is -2.35. The third-order valence-corrected chi connectivity index (χ3v) is 5.58. The summed E-state index contributed by atoms with van der Waals surface area (Å²) in [4.78, 5) is 12.1.